The molecule has 0 aromatic rings. The minimum Gasteiger partial charge on any atom is -0.329 e. The normalized spacial score (nSPS) is 10.2. The summed E-state index contributed by atoms with van der Waals surface area (Å²) in [5, 5.41) is 6.25. The zero-order valence-electron chi connectivity index (χ0n) is 6.32. The van der Waals surface area contributed by atoms with Gasteiger partial charge in [0.25, 0.3) is 0 Å². The van der Waals surface area contributed by atoms with E-state index in [-0.39, 0.29) is 0 Å². The van der Waals surface area contributed by atoms with Gasteiger partial charge >= 0.3 is 0 Å². The maximum atomic E-state index is 6.82. The second-order valence-electron chi connectivity index (χ2n) is 2.04. The molecule has 0 aromatic heterocycles. The molecule has 0 spiro atoms. The molecule has 4 nitrogen and oxygen atoms in total. The van der Waals surface area contributed by atoms with Crippen LogP contribution < -0.4 is 22.1 Å². The van der Waals surface area contributed by atoms with Gasteiger partial charge in [0.1, 0.15) is 0 Å². The van der Waals surface area contributed by atoms with E-state index >= 15 is 0 Å². The lowest BCUT2D eigenvalue weighted by atomic mass is 10.5. The zero-order valence-corrected chi connectivity index (χ0v) is 6.32. The third kappa shape index (κ3) is 7.84. The third-order valence-corrected chi connectivity index (χ3v) is 1.10. The van der Waals surface area contributed by atoms with Crippen molar-refractivity contribution < 1.29 is 0 Å². The summed E-state index contributed by atoms with van der Waals surface area (Å²) >= 11 is 0. The summed E-state index contributed by atoms with van der Waals surface area (Å²) in [6.07, 6.45) is 0. The monoisotopic (exact) mass is 145 g/mol. The van der Waals surface area contributed by atoms with Gasteiger partial charge in [-0.3, -0.25) is 5.73 Å². The Balaban J connectivity index is 2.65. The number of rotatable bonds is 7. The van der Waals surface area contributed by atoms with Gasteiger partial charge in [-0.1, -0.05) is 0 Å². The summed E-state index contributed by atoms with van der Waals surface area (Å²) in [6.45, 7) is 4.68. The molecule has 0 aliphatic rings. The average molecular weight is 145 g/mol. The lowest BCUT2D eigenvalue weighted by Gasteiger charge is -2.02. The van der Waals surface area contributed by atoms with Crippen molar-refractivity contribution in [2.45, 2.75) is 0 Å². The molecule has 1 radical (unpaired) electrons. The predicted octanol–water partition coefficient (Wildman–Crippen LogP) is -1.59. The molecule has 0 aromatic carbocycles. The Kier molecular flexibility index (Phi) is 8.70. The molecule has 0 unspecified atom stereocenters. The van der Waals surface area contributed by atoms with Crippen LogP contribution in [0.1, 0.15) is 0 Å². The standard InChI is InChI=1S/C6H17N4/c7-1-3-9-5-6-10-4-2-8/h7,9-10H,1-6,8H2. The van der Waals surface area contributed by atoms with E-state index in [1.165, 1.54) is 0 Å². The maximum absolute atomic E-state index is 6.82. The van der Waals surface area contributed by atoms with Gasteiger partial charge in [-0.15, -0.1) is 0 Å². The first-order valence-electron chi connectivity index (χ1n) is 3.68. The van der Waals surface area contributed by atoms with Crippen LogP contribution in [0.2, 0.25) is 0 Å². The lowest BCUT2D eigenvalue weighted by molar-refractivity contribution is 0.616. The molecule has 0 atom stereocenters. The smallest absolute Gasteiger partial charge is 0.0225 e. The Morgan fingerprint density at radius 3 is 2.10 bits per heavy atom. The van der Waals surface area contributed by atoms with Crippen LogP contribution in [0.3, 0.4) is 0 Å². The molecule has 61 valence electrons. The lowest BCUT2D eigenvalue weighted by Crippen LogP contribution is -2.31. The number of hydrogen-bond acceptors (Lipinski definition) is 3. The molecule has 4 heteroatoms. The van der Waals surface area contributed by atoms with E-state index in [1.807, 2.05) is 0 Å². The van der Waals surface area contributed by atoms with E-state index in [2.05, 4.69) is 10.6 Å². The summed E-state index contributed by atoms with van der Waals surface area (Å²) in [6, 6.07) is 0. The molecule has 0 bridgehead atoms. The van der Waals surface area contributed by atoms with Crippen LogP contribution in [0.5, 0.6) is 0 Å². The van der Waals surface area contributed by atoms with E-state index in [1.54, 1.807) is 0 Å². The highest BCUT2D eigenvalue weighted by Crippen LogP contribution is 1.57. The van der Waals surface area contributed by atoms with E-state index in [0.29, 0.717) is 13.1 Å². The molecule has 0 aliphatic heterocycles. The van der Waals surface area contributed by atoms with Crippen LogP contribution in [0.4, 0.5) is 0 Å². The van der Waals surface area contributed by atoms with E-state index in [4.69, 9.17) is 11.5 Å². The molecule has 0 heterocycles. The van der Waals surface area contributed by atoms with Gasteiger partial charge in [-0.25, -0.2) is 0 Å². The first-order valence-corrected chi connectivity index (χ1v) is 3.68. The minimum absolute atomic E-state index is 0.455. The van der Waals surface area contributed by atoms with Crippen molar-refractivity contribution in [1.29, 1.82) is 0 Å². The number of nitrogens with one attached hydrogen (secondary N) is 3. The predicted molar refractivity (Wildman–Crippen MR) is 42.8 cm³/mol. The van der Waals surface area contributed by atoms with Crippen LogP contribution in [0.15, 0.2) is 0 Å². The largest absolute Gasteiger partial charge is 0.329 e. The second-order valence-corrected chi connectivity index (χ2v) is 2.04. The summed E-state index contributed by atoms with van der Waals surface area (Å²) < 4.78 is 0. The highest BCUT2D eigenvalue weighted by molar-refractivity contribution is 4.51. The van der Waals surface area contributed by atoms with Crippen molar-refractivity contribution in [3.05, 3.63) is 0 Å². The summed E-state index contributed by atoms with van der Waals surface area (Å²) in [7, 11) is 0. The molecule has 0 fully saturated rings. The van der Waals surface area contributed by atoms with Crippen LogP contribution >= 0.6 is 0 Å². The number of hydrogen-bond donors (Lipinski definition) is 3. The van der Waals surface area contributed by atoms with Crippen molar-refractivity contribution in [2.24, 2.45) is 5.73 Å². The van der Waals surface area contributed by atoms with E-state index in [9.17, 15) is 0 Å². The van der Waals surface area contributed by atoms with E-state index in [0.717, 1.165) is 26.2 Å². The van der Waals surface area contributed by atoms with Gasteiger partial charge in [0, 0.05) is 39.3 Å². The van der Waals surface area contributed by atoms with Crippen molar-refractivity contribution in [1.82, 2.24) is 16.4 Å². The SMILES string of the molecule is [NH]CCNCCNCCN. The van der Waals surface area contributed by atoms with Crippen LogP contribution in [-0.4, -0.2) is 39.3 Å². The van der Waals surface area contributed by atoms with Gasteiger partial charge in [0.2, 0.25) is 0 Å². The fraction of sp³-hybridized carbons (Fsp3) is 1.00. The van der Waals surface area contributed by atoms with Gasteiger partial charge in [0.15, 0.2) is 0 Å². The Morgan fingerprint density at radius 1 is 1.00 bits per heavy atom. The van der Waals surface area contributed by atoms with Gasteiger partial charge in [0.05, 0.1) is 0 Å². The molecule has 0 amide bonds. The third-order valence-electron chi connectivity index (χ3n) is 1.10. The van der Waals surface area contributed by atoms with Gasteiger partial charge in [-0.05, 0) is 0 Å². The molecule has 10 heavy (non-hydrogen) atoms. The molecular formula is C6H17N4. The highest BCUT2D eigenvalue weighted by Gasteiger charge is 1.84. The molecule has 0 saturated carbocycles. The van der Waals surface area contributed by atoms with Crippen LogP contribution in [-0.2, 0) is 0 Å². The second kappa shape index (κ2) is 8.84. The van der Waals surface area contributed by atoms with Gasteiger partial charge < -0.3 is 16.4 Å². The fourth-order valence-corrected chi connectivity index (χ4v) is 0.617. The van der Waals surface area contributed by atoms with Crippen molar-refractivity contribution in [2.75, 3.05) is 39.3 Å². The quantitative estimate of drug-likeness (QED) is 0.378. The summed E-state index contributed by atoms with van der Waals surface area (Å²) in [5.41, 5.74) is 12.1. The fourth-order valence-electron chi connectivity index (χ4n) is 0.617. The molecule has 0 aliphatic carbocycles. The molecular weight excluding hydrogens is 128 g/mol. The molecule has 5 N–H and O–H groups in total. The van der Waals surface area contributed by atoms with Crippen LogP contribution in [0, 0.1) is 0 Å². The Hall–Kier alpha value is -0.160. The van der Waals surface area contributed by atoms with Crippen molar-refractivity contribution in [3.8, 4) is 0 Å². The highest BCUT2D eigenvalue weighted by atomic mass is 14.9. The topological polar surface area (TPSA) is 73.9 Å². The van der Waals surface area contributed by atoms with E-state index < -0.39 is 0 Å². The Labute approximate surface area is 62.3 Å². The molecule has 0 rings (SSSR count). The van der Waals surface area contributed by atoms with Crippen molar-refractivity contribution >= 4 is 0 Å². The minimum atomic E-state index is 0.455. The summed E-state index contributed by atoms with van der Waals surface area (Å²) in [4.78, 5) is 0. The Bertz CT molecular complexity index is 49.7. The summed E-state index contributed by atoms with van der Waals surface area (Å²) in [5.74, 6) is 0. The van der Waals surface area contributed by atoms with Gasteiger partial charge in [-0.2, -0.15) is 0 Å². The molecule has 0 saturated heterocycles. The maximum Gasteiger partial charge on any atom is 0.0225 e. The number of nitrogens with two attached hydrogens (primary N) is 1. The average Bonchev–Trinajstić information content (AvgIpc) is 1.97. The Morgan fingerprint density at radius 2 is 1.60 bits per heavy atom. The van der Waals surface area contributed by atoms with Crippen LogP contribution in [0.25, 0.3) is 0 Å². The first kappa shape index (κ1) is 9.84. The first-order chi connectivity index (χ1) is 4.91. The van der Waals surface area contributed by atoms with Crippen molar-refractivity contribution in [3.63, 3.8) is 0 Å². The zero-order chi connectivity index (χ0) is 7.66.